The fraction of sp³-hybridized carbons (Fsp3) is 0.417. The van der Waals surface area contributed by atoms with Crippen LogP contribution in [0, 0.1) is 0 Å². The van der Waals surface area contributed by atoms with E-state index in [2.05, 4.69) is 41.9 Å². The molecule has 1 aliphatic rings. The molecule has 1 aromatic heterocycles. The van der Waals surface area contributed by atoms with E-state index in [4.69, 9.17) is 4.74 Å². The smallest absolute Gasteiger partial charge is 0.236 e. The van der Waals surface area contributed by atoms with Crippen LogP contribution in [-0.2, 0) is 22.6 Å². The third-order valence-electron chi connectivity index (χ3n) is 5.10. The summed E-state index contributed by atoms with van der Waals surface area (Å²) in [7, 11) is 0. The highest BCUT2D eigenvalue weighted by Gasteiger charge is 2.27. The number of benzene rings is 1. The molecule has 2 aromatic rings. The van der Waals surface area contributed by atoms with Crippen LogP contribution in [0.5, 0.6) is 0 Å². The van der Waals surface area contributed by atoms with Crippen molar-refractivity contribution in [2.75, 3.05) is 32.7 Å². The molecule has 1 saturated heterocycles. The zero-order chi connectivity index (χ0) is 20.5. The van der Waals surface area contributed by atoms with Crippen molar-refractivity contribution in [2.45, 2.75) is 33.0 Å². The van der Waals surface area contributed by atoms with Crippen LogP contribution in [0.2, 0.25) is 0 Å². The molecule has 0 N–H and O–H groups in total. The first-order valence-electron chi connectivity index (χ1n) is 10.3. The number of aromatic nitrogens is 1. The normalized spacial score (nSPS) is 17.8. The van der Waals surface area contributed by atoms with Gasteiger partial charge < -0.3 is 9.64 Å². The molecule has 1 atom stereocenters. The van der Waals surface area contributed by atoms with E-state index in [1.54, 1.807) is 12.4 Å². The molecule has 154 valence electrons. The van der Waals surface area contributed by atoms with E-state index >= 15 is 0 Å². The number of hydrogen-bond acceptors (Lipinski definition) is 4. The molecule has 1 aliphatic heterocycles. The highest BCUT2D eigenvalue weighted by Crippen LogP contribution is 2.13. The van der Waals surface area contributed by atoms with E-state index in [0.717, 1.165) is 25.1 Å². The van der Waals surface area contributed by atoms with Crippen molar-refractivity contribution in [1.82, 2.24) is 14.8 Å². The van der Waals surface area contributed by atoms with Gasteiger partial charge in [0.1, 0.15) is 0 Å². The second-order valence-corrected chi connectivity index (χ2v) is 7.84. The van der Waals surface area contributed by atoms with Crippen LogP contribution in [0.25, 0.3) is 0 Å². The molecule has 1 aromatic carbocycles. The van der Waals surface area contributed by atoms with E-state index in [-0.39, 0.29) is 12.0 Å². The number of carbonyl (C=O) groups is 1. The molecule has 0 radical (unpaired) electrons. The fourth-order valence-corrected chi connectivity index (χ4v) is 3.42. The average Bonchev–Trinajstić information content (AvgIpc) is 2.89. The molecule has 1 fully saturated rings. The summed E-state index contributed by atoms with van der Waals surface area (Å²) in [6.45, 7) is 8.01. The minimum Gasteiger partial charge on any atom is -0.370 e. The Morgan fingerprint density at radius 2 is 1.86 bits per heavy atom. The molecule has 5 heteroatoms. The lowest BCUT2D eigenvalue weighted by Gasteiger charge is -2.25. The molecule has 0 saturated carbocycles. The molecule has 29 heavy (non-hydrogen) atoms. The highest BCUT2D eigenvalue weighted by molar-refractivity contribution is 5.78. The first kappa shape index (κ1) is 21.2. The second kappa shape index (κ2) is 10.9. The average molecular weight is 394 g/mol. The van der Waals surface area contributed by atoms with Gasteiger partial charge in [-0.15, -0.1) is 0 Å². The minimum absolute atomic E-state index is 0.0176. The molecule has 0 spiro atoms. The maximum atomic E-state index is 12.9. The third kappa shape index (κ3) is 7.11. The van der Waals surface area contributed by atoms with Crippen molar-refractivity contribution in [3.05, 3.63) is 77.6 Å². The zero-order valence-corrected chi connectivity index (χ0v) is 17.5. The number of hydrogen-bond donors (Lipinski definition) is 0. The number of ether oxygens (including phenoxy) is 1. The molecular weight excluding hydrogens is 362 g/mol. The summed E-state index contributed by atoms with van der Waals surface area (Å²) in [6, 6.07) is 14.3. The summed E-state index contributed by atoms with van der Waals surface area (Å²) in [4.78, 5) is 21.1. The van der Waals surface area contributed by atoms with Gasteiger partial charge in [0.05, 0.1) is 19.3 Å². The first-order valence-corrected chi connectivity index (χ1v) is 10.3. The summed E-state index contributed by atoms with van der Waals surface area (Å²) in [5.74, 6) is 0.179. The molecule has 0 bridgehead atoms. The topological polar surface area (TPSA) is 45.7 Å². The molecule has 5 nitrogen and oxygen atoms in total. The number of rotatable bonds is 8. The van der Waals surface area contributed by atoms with Gasteiger partial charge in [-0.1, -0.05) is 42.0 Å². The van der Waals surface area contributed by atoms with Gasteiger partial charge in [0.2, 0.25) is 5.91 Å². The maximum absolute atomic E-state index is 12.9. The Balaban J connectivity index is 1.65. The van der Waals surface area contributed by atoms with Crippen LogP contribution < -0.4 is 0 Å². The van der Waals surface area contributed by atoms with Crippen molar-refractivity contribution >= 4 is 5.91 Å². The first-order chi connectivity index (χ1) is 14.1. The van der Waals surface area contributed by atoms with Gasteiger partial charge in [-0.25, -0.2) is 0 Å². The zero-order valence-electron chi connectivity index (χ0n) is 17.5. The largest absolute Gasteiger partial charge is 0.370 e. The maximum Gasteiger partial charge on any atom is 0.236 e. The predicted octanol–water partition coefficient (Wildman–Crippen LogP) is 3.32. The van der Waals surface area contributed by atoms with E-state index in [0.29, 0.717) is 26.2 Å². The quantitative estimate of drug-likeness (QED) is 0.646. The monoisotopic (exact) mass is 393 g/mol. The summed E-state index contributed by atoms with van der Waals surface area (Å²) >= 11 is 0. The van der Waals surface area contributed by atoms with Crippen LogP contribution in [0.4, 0.5) is 0 Å². The molecule has 2 heterocycles. The van der Waals surface area contributed by atoms with Crippen molar-refractivity contribution in [3.8, 4) is 0 Å². The lowest BCUT2D eigenvalue weighted by Crippen LogP contribution is -2.39. The highest BCUT2D eigenvalue weighted by atomic mass is 16.5. The summed E-state index contributed by atoms with van der Waals surface area (Å²) in [5.41, 5.74) is 3.61. The molecule has 1 unspecified atom stereocenters. The predicted molar refractivity (Wildman–Crippen MR) is 115 cm³/mol. The van der Waals surface area contributed by atoms with Crippen LogP contribution in [0.15, 0.2) is 66.5 Å². The van der Waals surface area contributed by atoms with E-state index < -0.39 is 0 Å². The fourth-order valence-electron chi connectivity index (χ4n) is 3.42. The van der Waals surface area contributed by atoms with E-state index in [1.165, 1.54) is 11.1 Å². The molecule has 0 aliphatic carbocycles. The van der Waals surface area contributed by atoms with Crippen molar-refractivity contribution in [1.29, 1.82) is 0 Å². The van der Waals surface area contributed by atoms with Crippen LogP contribution >= 0.6 is 0 Å². The summed E-state index contributed by atoms with van der Waals surface area (Å²) in [6.07, 6.45) is 6.58. The van der Waals surface area contributed by atoms with Crippen LogP contribution in [-0.4, -0.2) is 59.5 Å². The number of pyridine rings is 1. The SMILES string of the molecule is CC(C)=CCN1CC(=O)N(CCc2ccccc2)CC(OCc2ccncc2)C1. The number of amides is 1. The number of carbonyl (C=O) groups excluding carboxylic acids is 1. The summed E-state index contributed by atoms with van der Waals surface area (Å²) in [5, 5.41) is 0. The van der Waals surface area contributed by atoms with Gasteiger partial charge in [-0.3, -0.25) is 14.7 Å². The van der Waals surface area contributed by atoms with Crippen LogP contribution in [0.1, 0.15) is 25.0 Å². The lowest BCUT2D eigenvalue weighted by molar-refractivity contribution is -0.131. The van der Waals surface area contributed by atoms with Gasteiger partial charge in [0.15, 0.2) is 0 Å². The van der Waals surface area contributed by atoms with Gasteiger partial charge in [-0.2, -0.15) is 0 Å². The van der Waals surface area contributed by atoms with E-state index in [9.17, 15) is 4.79 Å². The number of nitrogens with zero attached hydrogens (tertiary/aromatic N) is 3. The molecule has 1 amide bonds. The van der Waals surface area contributed by atoms with Crippen molar-refractivity contribution < 1.29 is 9.53 Å². The Morgan fingerprint density at radius 1 is 1.10 bits per heavy atom. The Kier molecular flexibility index (Phi) is 7.96. The number of allylic oxidation sites excluding steroid dienone is 1. The van der Waals surface area contributed by atoms with Gasteiger partial charge in [0.25, 0.3) is 0 Å². The van der Waals surface area contributed by atoms with Gasteiger partial charge in [0, 0.05) is 38.6 Å². The second-order valence-electron chi connectivity index (χ2n) is 7.84. The Labute approximate surface area is 174 Å². The van der Waals surface area contributed by atoms with Crippen molar-refractivity contribution in [3.63, 3.8) is 0 Å². The third-order valence-corrected chi connectivity index (χ3v) is 5.10. The molecule has 3 rings (SSSR count). The van der Waals surface area contributed by atoms with Gasteiger partial charge in [-0.05, 0) is 43.5 Å². The van der Waals surface area contributed by atoms with Gasteiger partial charge >= 0.3 is 0 Å². The van der Waals surface area contributed by atoms with Crippen LogP contribution in [0.3, 0.4) is 0 Å². The Hall–Kier alpha value is -2.50. The Morgan fingerprint density at radius 3 is 2.59 bits per heavy atom. The minimum atomic E-state index is -0.0176. The van der Waals surface area contributed by atoms with Crippen molar-refractivity contribution in [2.24, 2.45) is 0 Å². The Bertz CT molecular complexity index is 788. The molecular formula is C24H31N3O2. The standard InChI is InChI=1S/C24H31N3O2/c1-20(2)10-14-26-16-23(29-19-22-8-12-25-13-9-22)17-27(24(28)18-26)15-11-21-6-4-3-5-7-21/h3-10,12-13,23H,11,14-19H2,1-2H3. The van der Waals surface area contributed by atoms with E-state index in [1.807, 2.05) is 35.2 Å². The lowest BCUT2D eigenvalue weighted by atomic mass is 10.1. The summed E-state index contributed by atoms with van der Waals surface area (Å²) < 4.78 is 6.23.